The van der Waals surface area contributed by atoms with E-state index in [4.69, 9.17) is 5.73 Å². The van der Waals surface area contributed by atoms with E-state index in [1.165, 1.54) is 0 Å². The van der Waals surface area contributed by atoms with Gasteiger partial charge < -0.3 is 10.6 Å². The molecule has 1 aliphatic heterocycles. The lowest BCUT2D eigenvalue weighted by atomic mass is 9.96. The van der Waals surface area contributed by atoms with Crippen molar-refractivity contribution in [3.05, 3.63) is 78.0 Å². The van der Waals surface area contributed by atoms with E-state index < -0.39 is 5.91 Å². The van der Waals surface area contributed by atoms with Crippen LogP contribution in [0.3, 0.4) is 0 Å². The molecular formula is C24H20N4O2. The third-order valence-electron chi connectivity index (χ3n) is 5.81. The lowest BCUT2D eigenvalue weighted by Gasteiger charge is -2.15. The highest BCUT2D eigenvalue weighted by Crippen LogP contribution is 2.34. The molecule has 0 saturated heterocycles. The maximum Gasteiger partial charge on any atom is 0.254 e. The largest absolute Gasteiger partial charge is 0.366 e. The van der Waals surface area contributed by atoms with Crippen LogP contribution < -0.4 is 5.73 Å². The standard InChI is InChI=1S/C24H20N4O2/c1-14(23(25)29)12-28-13-21-19(24(28)30)8-7-15-3-4-16(9-20(15)21)17-5-6-18-11-26-27(2)22(18)10-17/h3-11H,1,12-13H2,2H3,(H2,25,29). The Morgan fingerprint density at radius 2 is 1.80 bits per heavy atom. The predicted octanol–water partition coefficient (Wildman–Crippen LogP) is 3.39. The molecule has 0 aliphatic carbocycles. The summed E-state index contributed by atoms with van der Waals surface area (Å²) in [6, 6.07) is 16.4. The number of carbonyl (C=O) groups excluding carboxylic acids is 2. The Balaban J connectivity index is 1.59. The van der Waals surface area contributed by atoms with Gasteiger partial charge in [0.25, 0.3) is 5.91 Å². The number of aromatic nitrogens is 2. The van der Waals surface area contributed by atoms with Crippen LogP contribution in [0.2, 0.25) is 0 Å². The van der Waals surface area contributed by atoms with Gasteiger partial charge in [0.05, 0.1) is 18.3 Å². The van der Waals surface area contributed by atoms with Gasteiger partial charge >= 0.3 is 0 Å². The average molecular weight is 396 g/mol. The maximum atomic E-state index is 12.8. The van der Waals surface area contributed by atoms with Gasteiger partial charge in [-0.1, -0.05) is 36.9 Å². The number of fused-ring (bicyclic) bond motifs is 4. The van der Waals surface area contributed by atoms with Gasteiger partial charge in [0.2, 0.25) is 5.91 Å². The predicted molar refractivity (Wildman–Crippen MR) is 117 cm³/mol. The van der Waals surface area contributed by atoms with Gasteiger partial charge in [-0.25, -0.2) is 0 Å². The van der Waals surface area contributed by atoms with Crippen LogP contribution in [0.15, 0.2) is 66.9 Å². The molecule has 6 nitrogen and oxygen atoms in total. The number of hydrogen-bond donors (Lipinski definition) is 1. The SMILES string of the molecule is C=C(CN1Cc2c(ccc3ccc(-c4ccc5cnn(C)c5c4)cc23)C1=O)C(N)=O. The highest BCUT2D eigenvalue weighted by molar-refractivity contribution is 6.06. The first-order valence-corrected chi connectivity index (χ1v) is 9.67. The number of hydrogen-bond acceptors (Lipinski definition) is 3. The molecule has 4 aromatic rings. The molecule has 0 atom stereocenters. The summed E-state index contributed by atoms with van der Waals surface area (Å²) in [6.07, 6.45) is 1.85. The molecular weight excluding hydrogens is 376 g/mol. The average Bonchev–Trinajstić information content (AvgIpc) is 3.27. The number of carbonyl (C=O) groups is 2. The topological polar surface area (TPSA) is 81.2 Å². The Hall–Kier alpha value is -3.93. The summed E-state index contributed by atoms with van der Waals surface area (Å²) in [5, 5.41) is 7.52. The quantitative estimate of drug-likeness (QED) is 0.537. The van der Waals surface area contributed by atoms with E-state index in [-0.39, 0.29) is 18.0 Å². The molecule has 2 N–H and O–H groups in total. The summed E-state index contributed by atoms with van der Waals surface area (Å²) in [6.45, 7) is 4.26. The van der Waals surface area contributed by atoms with Crippen molar-refractivity contribution in [1.29, 1.82) is 0 Å². The number of amides is 2. The Labute approximate surface area is 173 Å². The fourth-order valence-corrected chi connectivity index (χ4v) is 4.12. The molecule has 1 aromatic heterocycles. The summed E-state index contributed by atoms with van der Waals surface area (Å²) < 4.78 is 1.86. The Morgan fingerprint density at radius 1 is 1.10 bits per heavy atom. The molecule has 0 fully saturated rings. The third-order valence-corrected chi connectivity index (χ3v) is 5.81. The van der Waals surface area contributed by atoms with Crippen molar-refractivity contribution in [2.75, 3.05) is 6.54 Å². The molecule has 30 heavy (non-hydrogen) atoms. The molecule has 0 saturated carbocycles. The highest BCUT2D eigenvalue weighted by atomic mass is 16.2. The first kappa shape index (κ1) is 18.1. The number of primary amides is 1. The zero-order valence-corrected chi connectivity index (χ0v) is 16.6. The van der Waals surface area contributed by atoms with Crippen molar-refractivity contribution in [3.8, 4) is 11.1 Å². The van der Waals surface area contributed by atoms with Crippen molar-refractivity contribution < 1.29 is 9.59 Å². The number of benzene rings is 3. The first-order chi connectivity index (χ1) is 14.4. The van der Waals surface area contributed by atoms with Gasteiger partial charge in [-0.05, 0) is 45.7 Å². The van der Waals surface area contributed by atoms with Crippen LogP contribution in [0.4, 0.5) is 0 Å². The van der Waals surface area contributed by atoms with Gasteiger partial charge in [0.1, 0.15) is 0 Å². The molecule has 3 aromatic carbocycles. The summed E-state index contributed by atoms with van der Waals surface area (Å²) >= 11 is 0. The minimum Gasteiger partial charge on any atom is -0.366 e. The second kappa shape index (κ2) is 6.56. The Morgan fingerprint density at radius 3 is 2.57 bits per heavy atom. The molecule has 148 valence electrons. The fraction of sp³-hybridized carbons (Fsp3) is 0.125. The van der Waals surface area contributed by atoms with E-state index in [2.05, 4.69) is 48.1 Å². The van der Waals surface area contributed by atoms with Crippen LogP contribution in [-0.4, -0.2) is 33.0 Å². The minimum absolute atomic E-state index is 0.101. The second-order valence-electron chi connectivity index (χ2n) is 7.70. The van der Waals surface area contributed by atoms with E-state index in [1.807, 2.05) is 30.1 Å². The van der Waals surface area contributed by atoms with E-state index in [0.29, 0.717) is 12.1 Å². The zero-order valence-electron chi connectivity index (χ0n) is 16.6. The molecule has 2 heterocycles. The van der Waals surface area contributed by atoms with Gasteiger partial charge in [-0.15, -0.1) is 0 Å². The molecule has 0 bridgehead atoms. The summed E-state index contributed by atoms with van der Waals surface area (Å²) in [5.74, 6) is -0.688. The van der Waals surface area contributed by atoms with Crippen molar-refractivity contribution >= 4 is 33.5 Å². The van der Waals surface area contributed by atoms with Crippen molar-refractivity contribution in [3.63, 3.8) is 0 Å². The van der Waals surface area contributed by atoms with Crippen LogP contribution in [0.5, 0.6) is 0 Å². The monoisotopic (exact) mass is 396 g/mol. The second-order valence-corrected chi connectivity index (χ2v) is 7.70. The highest BCUT2D eigenvalue weighted by Gasteiger charge is 2.29. The van der Waals surface area contributed by atoms with Crippen molar-refractivity contribution in [1.82, 2.24) is 14.7 Å². The number of aryl methyl sites for hydroxylation is 1. The normalized spacial score (nSPS) is 13.2. The van der Waals surface area contributed by atoms with Crippen LogP contribution in [0.1, 0.15) is 15.9 Å². The number of nitrogens with zero attached hydrogens (tertiary/aromatic N) is 3. The maximum absolute atomic E-state index is 12.8. The van der Waals surface area contributed by atoms with Gasteiger partial charge in [-0.3, -0.25) is 14.3 Å². The van der Waals surface area contributed by atoms with Gasteiger partial charge in [-0.2, -0.15) is 5.10 Å². The van der Waals surface area contributed by atoms with Crippen molar-refractivity contribution in [2.24, 2.45) is 12.8 Å². The van der Waals surface area contributed by atoms with Crippen LogP contribution in [0, 0.1) is 0 Å². The minimum atomic E-state index is -0.587. The molecule has 5 rings (SSSR count). The molecule has 0 unspecified atom stereocenters. The van der Waals surface area contributed by atoms with Gasteiger partial charge in [0.15, 0.2) is 0 Å². The number of rotatable bonds is 4. The molecule has 0 radical (unpaired) electrons. The lowest BCUT2D eigenvalue weighted by molar-refractivity contribution is -0.114. The lowest BCUT2D eigenvalue weighted by Crippen LogP contribution is -2.30. The first-order valence-electron chi connectivity index (χ1n) is 9.67. The summed E-state index contributed by atoms with van der Waals surface area (Å²) in [4.78, 5) is 25.8. The van der Waals surface area contributed by atoms with Crippen molar-refractivity contribution in [2.45, 2.75) is 6.54 Å². The molecule has 2 amide bonds. The Bertz CT molecular complexity index is 1380. The van der Waals surface area contributed by atoms with E-state index in [1.54, 1.807) is 4.90 Å². The molecule has 6 heteroatoms. The third kappa shape index (κ3) is 2.76. The van der Waals surface area contributed by atoms with E-state index >= 15 is 0 Å². The Kier molecular flexibility index (Phi) is 3.96. The number of nitrogens with two attached hydrogens (primary N) is 1. The van der Waals surface area contributed by atoms with E-state index in [9.17, 15) is 9.59 Å². The van der Waals surface area contributed by atoms with Crippen LogP contribution in [-0.2, 0) is 18.4 Å². The smallest absolute Gasteiger partial charge is 0.254 e. The van der Waals surface area contributed by atoms with E-state index in [0.717, 1.165) is 38.4 Å². The molecule has 1 aliphatic rings. The van der Waals surface area contributed by atoms with Crippen LogP contribution >= 0.6 is 0 Å². The summed E-state index contributed by atoms with van der Waals surface area (Å²) in [5.41, 5.74) is 10.4. The zero-order chi connectivity index (χ0) is 21.0. The molecule has 0 spiro atoms. The summed E-state index contributed by atoms with van der Waals surface area (Å²) in [7, 11) is 1.93. The van der Waals surface area contributed by atoms with Gasteiger partial charge in [0, 0.05) is 30.1 Å². The van der Waals surface area contributed by atoms with Crippen LogP contribution in [0.25, 0.3) is 32.8 Å². The fourth-order valence-electron chi connectivity index (χ4n) is 4.12.